The summed E-state index contributed by atoms with van der Waals surface area (Å²) in [7, 11) is 0. The highest BCUT2D eigenvalue weighted by Crippen LogP contribution is 2.30. The van der Waals surface area contributed by atoms with Crippen molar-refractivity contribution >= 4 is 5.69 Å². The Morgan fingerprint density at radius 3 is 2.84 bits per heavy atom. The zero-order valence-corrected chi connectivity index (χ0v) is 11.2. The highest BCUT2D eigenvalue weighted by Gasteiger charge is 2.18. The standard InChI is InChI=1S/C14H19N5/c1-10-7-12(9-13(15)8-10)14-16-17-18-19(14)6-5-11-3-2-4-11/h7-9,11H,2-6,15H2,1H3. The van der Waals surface area contributed by atoms with Crippen molar-refractivity contribution in [3.05, 3.63) is 23.8 Å². The van der Waals surface area contributed by atoms with Gasteiger partial charge in [0.15, 0.2) is 5.82 Å². The Bertz CT molecular complexity index is 551. The van der Waals surface area contributed by atoms with Gasteiger partial charge in [-0.3, -0.25) is 0 Å². The molecule has 0 aliphatic heterocycles. The van der Waals surface area contributed by atoms with Crippen LogP contribution >= 0.6 is 0 Å². The first-order chi connectivity index (χ1) is 9.22. The lowest BCUT2D eigenvalue weighted by molar-refractivity contribution is 0.277. The molecule has 2 N–H and O–H groups in total. The van der Waals surface area contributed by atoms with E-state index in [-0.39, 0.29) is 0 Å². The van der Waals surface area contributed by atoms with Crippen molar-refractivity contribution in [2.75, 3.05) is 5.73 Å². The molecule has 5 nitrogen and oxygen atoms in total. The number of nitrogens with zero attached hydrogens (tertiary/aromatic N) is 4. The second-order valence-electron chi connectivity index (χ2n) is 5.44. The Balaban J connectivity index is 1.81. The minimum atomic E-state index is 0.753. The van der Waals surface area contributed by atoms with Gasteiger partial charge in [0.1, 0.15) is 0 Å². The van der Waals surface area contributed by atoms with Crippen LogP contribution in [0.15, 0.2) is 18.2 Å². The summed E-state index contributed by atoms with van der Waals surface area (Å²) in [6, 6.07) is 5.95. The lowest BCUT2D eigenvalue weighted by atomic mass is 9.83. The van der Waals surface area contributed by atoms with E-state index in [0.29, 0.717) is 0 Å². The molecule has 0 saturated heterocycles. The van der Waals surface area contributed by atoms with Gasteiger partial charge < -0.3 is 5.73 Å². The van der Waals surface area contributed by atoms with E-state index < -0.39 is 0 Å². The summed E-state index contributed by atoms with van der Waals surface area (Å²) in [5.41, 5.74) is 8.77. The molecule has 0 spiro atoms. The predicted molar refractivity (Wildman–Crippen MR) is 74.4 cm³/mol. The molecule has 3 rings (SSSR count). The summed E-state index contributed by atoms with van der Waals surface area (Å²) in [6.45, 7) is 2.92. The van der Waals surface area contributed by atoms with E-state index in [2.05, 4.69) is 21.6 Å². The maximum absolute atomic E-state index is 5.89. The summed E-state index contributed by atoms with van der Waals surface area (Å²) in [5, 5.41) is 12.0. The van der Waals surface area contributed by atoms with Gasteiger partial charge in [-0.25, -0.2) is 4.68 Å². The molecule has 0 unspecified atom stereocenters. The number of aryl methyl sites for hydroxylation is 2. The zero-order chi connectivity index (χ0) is 13.2. The number of hydrogen-bond donors (Lipinski definition) is 1. The summed E-state index contributed by atoms with van der Waals surface area (Å²) in [4.78, 5) is 0. The van der Waals surface area contributed by atoms with Crippen molar-refractivity contribution < 1.29 is 0 Å². The van der Waals surface area contributed by atoms with Crippen LogP contribution in [0.2, 0.25) is 0 Å². The quantitative estimate of drug-likeness (QED) is 0.854. The van der Waals surface area contributed by atoms with Gasteiger partial charge in [0, 0.05) is 17.8 Å². The van der Waals surface area contributed by atoms with Crippen LogP contribution in [0.4, 0.5) is 5.69 Å². The summed E-state index contributed by atoms with van der Waals surface area (Å²) < 4.78 is 1.90. The average molecular weight is 257 g/mol. The molecular formula is C14H19N5. The van der Waals surface area contributed by atoms with Crippen molar-refractivity contribution in [2.24, 2.45) is 5.92 Å². The molecule has 0 radical (unpaired) electrons. The van der Waals surface area contributed by atoms with Crippen LogP contribution in [0.25, 0.3) is 11.4 Å². The van der Waals surface area contributed by atoms with Gasteiger partial charge >= 0.3 is 0 Å². The first kappa shape index (κ1) is 12.1. The molecular weight excluding hydrogens is 238 g/mol. The van der Waals surface area contributed by atoms with E-state index in [0.717, 1.165) is 35.1 Å². The van der Waals surface area contributed by atoms with E-state index >= 15 is 0 Å². The molecule has 100 valence electrons. The molecule has 0 bridgehead atoms. The van der Waals surface area contributed by atoms with Gasteiger partial charge in [0.05, 0.1) is 0 Å². The van der Waals surface area contributed by atoms with Crippen LogP contribution in [0.3, 0.4) is 0 Å². The molecule has 0 amide bonds. The highest BCUT2D eigenvalue weighted by atomic mass is 15.5. The number of aromatic nitrogens is 4. The van der Waals surface area contributed by atoms with E-state index in [1.165, 1.54) is 25.7 Å². The predicted octanol–water partition coefficient (Wildman–Crippen LogP) is 2.42. The van der Waals surface area contributed by atoms with Crippen LogP contribution in [0.1, 0.15) is 31.2 Å². The van der Waals surface area contributed by atoms with E-state index in [1.54, 1.807) is 0 Å². The van der Waals surface area contributed by atoms with Crippen molar-refractivity contribution in [2.45, 2.75) is 39.2 Å². The second kappa shape index (κ2) is 4.99. The lowest BCUT2D eigenvalue weighted by Gasteiger charge is -2.24. The fraction of sp³-hybridized carbons (Fsp3) is 0.500. The smallest absolute Gasteiger partial charge is 0.182 e. The van der Waals surface area contributed by atoms with Gasteiger partial charge in [-0.2, -0.15) is 0 Å². The fourth-order valence-corrected chi connectivity index (χ4v) is 2.59. The number of nitrogen functional groups attached to an aromatic ring is 1. The number of nitrogens with two attached hydrogens (primary N) is 1. The number of rotatable bonds is 4. The van der Waals surface area contributed by atoms with Crippen LogP contribution < -0.4 is 5.73 Å². The molecule has 2 aromatic rings. The van der Waals surface area contributed by atoms with E-state index in [4.69, 9.17) is 5.73 Å². The van der Waals surface area contributed by atoms with Gasteiger partial charge in [-0.1, -0.05) is 19.3 Å². The van der Waals surface area contributed by atoms with Crippen molar-refractivity contribution in [1.29, 1.82) is 0 Å². The number of tetrazole rings is 1. The van der Waals surface area contributed by atoms with Crippen molar-refractivity contribution in [3.63, 3.8) is 0 Å². The third-order valence-electron chi connectivity index (χ3n) is 3.86. The monoisotopic (exact) mass is 257 g/mol. The fourth-order valence-electron chi connectivity index (χ4n) is 2.59. The molecule has 1 aromatic heterocycles. The Labute approximate surface area is 112 Å². The van der Waals surface area contributed by atoms with Crippen LogP contribution in [-0.4, -0.2) is 20.2 Å². The maximum atomic E-state index is 5.89. The minimum Gasteiger partial charge on any atom is -0.399 e. The summed E-state index contributed by atoms with van der Waals surface area (Å²) in [5.74, 6) is 1.68. The van der Waals surface area contributed by atoms with Gasteiger partial charge in [0.2, 0.25) is 0 Å². The zero-order valence-electron chi connectivity index (χ0n) is 11.2. The molecule has 1 aromatic carbocycles. The second-order valence-corrected chi connectivity index (χ2v) is 5.44. The number of benzene rings is 1. The van der Waals surface area contributed by atoms with Gasteiger partial charge in [-0.15, -0.1) is 5.10 Å². The topological polar surface area (TPSA) is 69.6 Å². The van der Waals surface area contributed by atoms with Crippen molar-refractivity contribution in [1.82, 2.24) is 20.2 Å². The SMILES string of the molecule is Cc1cc(N)cc(-c2nnnn2CCC2CCC2)c1. The average Bonchev–Trinajstić information content (AvgIpc) is 2.74. The maximum Gasteiger partial charge on any atom is 0.182 e. The Morgan fingerprint density at radius 2 is 2.16 bits per heavy atom. The molecule has 19 heavy (non-hydrogen) atoms. The molecule has 1 heterocycles. The van der Waals surface area contributed by atoms with Crippen molar-refractivity contribution in [3.8, 4) is 11.4 Å². The van der Waals surface area contributed by atoms with E-state index in [1.807, 2.05) is 23.7 Å². The van der Waals surface area contributed by atoms with Gasteiger partial charge in [-0.05, 0) is 53.5 Å². The number of anilines is 1. The van der Waals surface area contributed by atoms with Crippen LogP contribution in [0, 0.1) is 12.8 Å². The highest BCUT2D eigenvalue weighted by molar-refractivity contribution is 5.62. The Hall–Kier alpha value is -1.91. The van der Waals surface area contributed by atoms with Crippen LogP contribution in [0.5, 0.6) is 0 Å². The molecule has 1 aliphatic rings. The summed E-state index contributed by atoms with van der Waals surface area (Å²) in [6.07, 6.45) is 5.25. The van der Waals surface area contributed by atoms with E-state index in [9.17, 15) is 0 Å². The first-order valence-electron chi connectivity index (χ1n) is 6.86. The molecule has 1 saturated carbocycles. The third-order valence-corrected chi connectivity index (χ3v) is 3.86. The molecule has 5 heteroatoms. The molecule has 1 aliphatic carbocycles. The third kappa shape index (κ3) is 2.59. The molecule has 0 atom stereocenters. The minimum absolute atomic E-state index is 0.753. The Kier molecular flexibility index (Phi) is 3.19. The Morgan fingerprint density at radius 1 is 1.32 bits per heavy atom. The van der Waals surface area contributed by atoms with Gasteiger partial charge in [0.25, 0.3) is 0 Å². The molecule has 1 fully saturated rings. The summed E-state index contributed by atoms with van der Waals surface area (Å²) >= 11 is 0. The largest absolute Gasteiger partial charge is 0.399 e. The van der Waals surface area contributed by atoms with Crippen LogP contribution in [-0.2, 0) is 6.54 Å². The number of hydrogen-bond acceptors (Lipinski definition) is 4. The normalized spacial score (nSPS) is 15.4. The lowest BCUT2D eigenvalue weighted by Crippen LogP contribution is -2.15. The first-order valence-corrected chi connectivity index (χ1v) is 6.86.